The van der Waals surface area contributed by atoms with E-state index in [2.05, 4.69) is 14.8 Å². The van der Waals surface area contributed by atoms with Crippen LogP contribution in [0.4, 0.5) is 9.59 Å². The first-order chi connectivity index (χ1) is 19.8. The first kappa shape index (κ1) is 33.5. The average Bonchev–Trinajstić information content (AvgIpc) is 3.04. The average molecular weight is 593 g/mol. The molecule has 12 nitrogen and oxygen atoms in total. The fourth-order valence-corrected chi connectivity index (χ4v) is 3.74. The van der Waals surface area contributed by atoms with E-state index in [4.69, 9.17) is 26.8 Å². The van der Waals surface area contributed by atoms with E-state index in [1.54, 1.807) is 46.2 Å². The molecule has 3 amide bonds. The highest BCUT2D eigenvalue weighted by molar-refractivity contribution is 6.62. The van der Waals surface area contributed by atoms with Gasteiger partial charge in [-0.15, -0.1) is 0 Å². The van der Waals surface area contributed by atoms with E-state index in [0.29, 0.717) is 76.8 Å². The summed E-state index contributed by atoms with van der Waals surface area (Å²) < 4.78 is 19.4. The Morgan fingerprint density at radius 2 is 1.17 bits per heavy atom. The molecule has 2 saturated heterocycles. The summed E-state index contributed by atoms with van der Waals surface area (Å²) in [6.07, 6.45) is 0. The molecule has 0 saturated carbocycles. The maximum absolute atomic E-state index is 11.9. The van der Waals surface area contributed by atoms with Crippen LogP contribution >= 0.6 is 11.6 Å². The fourth-order valence-electron chi connectivity index (χ4n) is 3.57. The second kappa shape index (κ2) is 18.6. The van der Waals surface area contributed by atoms with Gasteiger partial charge in [-0.05, 0) is 47.0 Å². The number of nitrogens with one attached hydrogen (secondary N) is 1. The number of halogens is 1. The van der Waals surface area contributed by atoms with Gasteiger partial charge in [-0.1, -0.05) is 24.3 Å². The molecule has 41 heavy (non-hydrogen) atoms. The number of morpholine rings is 2. The van der Waals surface area contributed by atoms with Gasteiger partial charge in [0.05, 0.1) is 51.8 Å². The number of esters is 2. The molecule has 0 radical (unpaired) electrons. The molecule has 13 heteroatoms. The van der Waals surface area contributed by atoms with Crippen LogP contribution in [0, 0.1) is 0 Å². The molecule has 0 bridgehead atoms. The number of carbonyl (C=O) groups is 4. The van der Waals surface area contributed by atoms with Crippen molar-refractivity contribution in [2.45, 2.75) is 13.1 Å². The van der Waals surface area contributed by atoms with Gasteiger partial charge in [-0.2, -0.15) is 0 Å². The normalized spacial score (nSPS) is 14.3. The lowest BCUT2D eigenvalue weighted by molar-refractivity contribution is 0.0531. The molecule has 0 unspecified atom stereocenters. The number of methoxy groups -OCH3 is 2. The van der Waals surface area contributed by atoms with Crippen LogP contribution < -0.4 is 11.1 Å². The number of nitrogens with zero attached hydrogens (tertiary/aromatic N) is 2. The van der Waals surface area contributed by atoms with E-state index < -0.39 is 0 Å². The lowest BCUT2D eigenvalue weighted by Gasteiger charge is -2.26. The number of hydrogen-bond donors (Lipinski definition) is 2. The van der Waals surface area contributed by atoms with Crippen molar-refractivity contribution in [1.82, 2.24) is 15.1 Å². The number of rotatable bonds is 5. The molecular weight excluding hydrogens is 556 g/mol. The van der Waals surface area contributed by atoms with Crippen molar-refractivity contribution in [3.05, 3.63) is 70.8 Å². The number of carbonyl (C=O) groups excluding carboxylic acids is 4. The van der Waals surface area contributed by atoms with Crippen LogP contribution in [-0.2, 0) is 32.0 Å². The van der Waals surface area contributed by atoms with Gasteiger partial charge in [-0.25, -0.2) is 14.4 Å². The van der Waals surface area contributed by atoms with Crippen molar-refractivity contribution in [2.24, 2.45) is 5.73 Å². The summed E-state index contributed by atoms with van der Waals surface area (Å²) in [5.41, 5.74) is 8.37. The topological polar surface area (TPSA) is 150 Å². The van der Waals surface area contributed by atoms with E-state index in [1.165, 1.54) is 14.2 Å². The van der Waals surface area contributed by atoms with E-state index >= 15 is 0 Å². The van der Waals surface area contributed by atoms with Crippen LogP contribution in [0.15, 0.2) is 48.5 Å². The molecular formula is C28H37ClN4O8. The zero-order chi connectivity index (χ0) is 30.0. The first-order valence-corrected chi connectivity index (χ1v) is 13.3. The number of urea groups is 1. The summed E-state index contributed by atoms with van der Waals surface area (Å²) in [4.78, 5) is 47.8. The highest BCUT2D eigenvalue weighted by atomic mass is 35.5. The van der Waals surface area contributed by atoms with Gasteiger partial charge in [0.25, 0.3) is 0 Å². The van der Waals surface area contributed by atoms with Gasteiger partial charge < -0.3 is 39.8 Å². The molecule has 0 atom stereocenters. The van der Waals surface area contributed by atoms with Gasteiger partial charge >= 0.3 is 23.3 Å². The van der Waals surface area contributed by atoms with Gasteiger partial charge in [0.15, 0.2) is 0 Å². The van der Waals surface area contributed by atoms with Crippen LogP contribution in [0.3, 0.4) is 0 Å². The molecule has 2 aromatic rings. The summed E-state index contributed by atoms with van der Waals surface area (Å²) in [6, 6.07) is 13.9. The molecule has 0 spiro atoms. The summed E-state index contributed by atoms with van der Waals surface area (Å²) in [5.74, 6) is -0.688. The summed E-state index contributed by atoms with van der Waals surface area (Å²) >= 11 is 5.19. The van der Waals surface area contributed by atoms with Gasteiger partial charge in [0, 0.05) is 39.3 Å². The summed E-state index contributed by atoms with van der Waals surface area (Å²) in [7, 11) is 2.71. The van der Waals surface area contributed by atoms with Crippen molar-refractivity contribution in [3.8, 4) is 0 Å². The second-order valence-electron chi connectivity index (χ2n) is 8.69. The van der Waals surface area contributed by atoms with Crippen LogP contribution in [0.1, 0.15) is 31.8 Å². The predicted molar refractivity (Wildman–Crippen MR) is 152 cm³/mol. The molecule has 2 aliphatic rings. The molecule has 224 valence electrons. The maximum Gasteiger partial charge on any atom is 0.337 e. The molecule has 2 fully saturated rings. The minimum atomic E-state index is -0.377. The Bertz CT molecular complexity index is 1100. The minimum absolute atomic E-state index is 0.0923. The Hall–Kier alpha value is -3.71. The fraction of sp³-hybridized carbons (Fsp3) is 0.429. The minimum Gasteiger partial charge on any atom is -0.465 e. The Kier molecular flexibility index (Phi) is 15.2. The highest BCUT2D eigenvalue weighted by Crippen LogP contribution is 2.07. The van der Waals surface area contributed by atoms with Gasteiger partial charge in [-0.3, -0.25) is 4.79 Å². The van der Waals surface area contributed by atoms with Crippen molar-refractivity contribution in [1.29, 1.82) is 0 Å². The van der Waals surface area contributed by atoms with Gasteiger partial charge in [0.1, 0.15) is 0 Å². The van der Waals surface area contributed by atoms with Crippen LogP contribution in [-0.4, -0.2) is 100.0 Å². The Labute approximate surface area is 244 Å². The number of amides is 3. The third-order valence-electron chi connectivity index (χ3n) is 5.99. The molecule has 3 N–H and O–H groups in total. The Balaban J connectivity index is 0.000000237. The van der Waals surface area contributed by atoms with Crippen molar-refractivity contribution in [3.63, 3.8) is 0 Å². The maximum atomic E-state index is 11.9. The van der Waals surface area contributed by atoms with Crippen molar-refractivity contribution in [2.75, 3.05) is 66.8 Å². The van der Waals surface area contributed by atoms with E-state index in [-0.39, 0.29) is 23.3 Å². The van der Waals surface area contributed by atoms with E-state index in [1.807, 2.05) is 12.1 Å². The van der Waals surface area contributed by atoms with Crippen LogP contribution in [0.25, 0.3) is 0 Å². The third kappa shape index (κ3) is 12.1. The quantitative estimate of drug-likeness (QED) is 0.303. The van der Waals surface area contributed by atoms with E-state index in [9.17, 15) is 19.2 Å². The summed E-state index contributed by atoms with van der Waals surface area (Å²) in [6.45, 7) is 5.80. The van der Waals surface area contributed by atoms with Gasteiger partial charge in [0.2, 0.25) is 0 Å². The standard InChI is InChI=1S/C14H18N2O4.C9H11NO2.C5H8ClNO2/c1-19-13(17)12-4-2-11(3-5-12)10-15-14(18)16-6-8-20-9-7-16;1-12-9(11)8-4-2-7(6-10)3-5-8;6-5(8)7-1-3-9-4-2-7/h2-5H,6-10H2,1H3,(H,15,18);2-5H,6,10H2,1H3;1-4H2. The Morgan fingerprint density at radius 3 is 1.54 bits per heavy atom. The van der Waals surface area contributed by atoms with Crippen LogP contribution in [0.2, 0.25) is 0 Å². The zero-order valence-corrected chi connectivity index (χ0v) is 24.1. The summed E-state index contributed by atoms with van der Waals surface area (Å²) in [5, 5.41) is 2.47. The number of nitrogens with two attached hydrogens (primary N) is 1. The predicted octanol–water partition coefficient (Wildman–Crippen LogP) is 2.62. The third-order valence-corrected chi connectivity index (χ3v) is 6.23. The number of ether oxygens (including phenoxy) is 4. The largest absolute Gasteiger partial charge is 0.465 e. The van der Waals surface area contributed by atoms with Crippen molar-refractivity contribution >= 4 is 34.9 Å². The number of benzene rings is 2. The molecule has 4 rings (SSSR count). The lowest BCUT2D eigenvalue weighted by atomic mass is 10.1. The molecule has 2 aliphatic heterocycles. The Morgan fingerprint density at radius 1 is 0.756 bits per heavy atom. The lowest BCUT2D eigenvalue weighted by Crippen LogP contribution is -2.45. The zero-order valence-electron chi connectivity index (χ0n) is 23.3. The van der Waals surface area contributed by atoms with Crippen LogP contribution in [0.5, 0.6) is 0 Å². The van der Waals surface area contributed by atoms with Crippen molar-refractivity contribution < 1.29 is 38.1 Å². The molecule has 0 aromatic heterocycles. The van der Waals surface area contributed by atoms with E-state index in [0.717, 1.165) is 11.1 Å². The first-order valence-electron chi connectivity index (χ1n) is 13.0. The number of hydrogen-bond acceptors (Lipinski definition) is 9. The highest BCUT2D eigenvalue weighted by Gasteiger charge is 2.16. The SMILES string of the molecule is COC(=O)c1ccc(CN)cc1.COC(=O)c1ccc(CNC(=O)N2CCOCC2)cc1.O=C(Cl)N1CCOCC1. The monoisotopic (exact) mass is 592 g/mol. The molecule has 2 aromatic carbocycles. The second-order valence-corrected chi connectivity index (χ2v) is 9.01. The smallest absolute Gasteiger partial charge is 0.337 e. The molecule has 0 aliphatic carbocycles. The molecule has 2 heterocycles.